The molecule has 1 saturated heterocycles. The Hall–Kier alpha value is -3.00. The van der Waals surface area contributed by atoms with Crippen molar-refractivity contribution in [2.24, 2.45) is 5.92 Å². The Morgan fingerprint density at radius 1 is 1.25 bits per heavy atom. The Morgan fingerprint density at radius 3 is 2.75 bits per heavy atom. The molecule has 7 nitrogen and oxygen atoms in total. The lowest BCUT2D eigenvalue weighted by Crippen LogP contribution is -2.26. The molecule has 3 aromatic rings. The van der Waals surface area contributed by atoms with Gasteiger partial charge in [0.05, 0.1) is 11.6 Å². The van der Waals surface area contributed by atoms with Crippen LogP contribution in [0.1, 0.15) is 23.4 Å². The number of rotatable bonds is 4. The molecule has 0 unspecified atom stereocenters. The van der Waals surface area contributed by atoms with Crippen LogP contribution in [0, 0.1) is 19.8 Å². The van der Waals surface area contributed by atoms with Crippen LogP contribution in [0.3, 0.4) is 0 Å². The van der Waals surface area contributed by atoms with E-state index < -0.39 is 11.9 Å². The van der Waals surface area contributed by atoms with Gasteiger partial charge < -0.3 is 9.64 Å². The maximum atomic E-state index is 12.4. The average molecular weight is 397 g/mol. The van der Waals surface area contributed by atoms with Gasteiger partial charge in [-0.2, -0.15) is 0 Å². The maximum absolute atomic E-state index is 12.4. The van der Waals surface area contributed by atoms with Crippen molar-refractivity contribution in [3.63, 3.8) is 0 Å². The summed E-state index contributed by atoms with van der Waals surface area (Å²) in [5, 5.41) is 1.85. The van der Waals surface area contributed by atoms with E-state index in [2.05, 4.69) is 4.98 Å². The molecule has 0 spiro atoms. The second-order valence-corrected chi connectivity index (χ2v) is 7.77. The van der Waals surface area contributed by atoms with E-state index in [4.69, 9.17) is 4.74 Å². The monoisotopic (exact) mass is 397 g/mol. The number of hydrogen-bond acceptors (Lipinski definition) is 6. The molecule has 1 aliphatic rings. The predicted octanol–water partition coefficient (Wildman–Crippen LogP) is 2.47. The second-order valence-electron chi connectivity index (χ2n) is 6.93. The van der Waals surface area contributed by atoms with E-state index >= 15 is 0 Å². The second kappa shape index (κ2) is 7.20. The quantitative estimate of drug-likeness (QED) is 0.632. The molecule has 3 heterocycles. The summed E-state index contributed by atoms with van der Waals surface area (Å²) in [6.45, 7) is 4.02. The van der Waals surface area contributed by atoms with Crippen molar-refractivity contribution in [3.05, 3.63) is 63.0 Å². The lowest BCUT2D eigenvalue weighted by atomic mass is 10.1. The van der Waals surface area contributed by atoms with Crippen molar-refractivity contribution in [1.29, 1.82) is 0 Å². The summed E-state index contributed by atoms with van der Waals surface area (Å²) in [4.78, 5) is 43.5. The summed E-state index contributed by atoms with van der Waals surface area (Å²) in [6, 6.07) is 8.98. The molecule has 1 atom stereocenters. The molecular formula is C20H19N3O4S. The van der Waals surface area contributed by atoms with Crippen molar-refractivity contribution in [2.75, 3.05) is 11.4 Å². The molecule has 0 radical (unpaired) electrons. The normalized spacial score (nSPS) is 16.7. The van der Waals surface area contributed by atoms with Crippen LogP contribution in [0.5, 0.6) is 0 Å². The van der Waals surface area contributed by atoms with Gasteiger partial charge in [0.2, 0.25) is 5.91 Å². The number of thiazole rings is 1. The minimum atomic E-state index is -0.525. The highest BCUT2D eigenvalue weighted by Crippen LogP contribution is 2.26. The minimum absolute atomic E-state index is 0.0866. The molecule has 1 fully saturated rings. The van der Waals surface area contributed by atoms with E-state index in [0.717, 1.165) is 16.9 Å². The first-order valence-corrected chi connectivity index (χ1v) is 9.81. The van der Waals surface area contributed by atoms with Gasteiger partial charge in [0.1, 0.15) is 6.61 Å². The number of carbonyl (C=O) groups excluding carboxylic acids is 2. The van der Waals surface area contributed by atoms with Crippen molar-refractivity contribution < 1.29 is 14.3 Å². The Bertz CT molecular complexity index is 1120. The fraction of sp³-hybridized carbons (Fsp3) is 0.300. The fourth-order valence-corrected chi connectivity index (χ4v) is 4.17. The summed E-state index contributed by atoms with van der Waals surface area (Å²) in [5.74, 6) is -1.08. The van der Waals surface area contributed by atoms with E-state index in [1.807, 2.05) is 43.5 Å². The Balaban J connectivity index is 1.42. The number of aromatic nitrogens is 2. The largest absolute Gasteiger partial charge is 0.459 e. The minimum Gasteiger partial charge on any atom is -0.459 e. The first-order chi connectivity index (χ1) is 13.4. The van der Waals surface area contributed by atoms with E-state index in [1.54, 1.807) is 4.90 Å². The number of fused-ring (bicyclic) bond motifs is 1. The summed E-state index contributed by atoms with van der Waals surface area (Å²) in [6.07, 6.45) is 0.117. The fourth-order valence-electron chi connectivity index (χ4n) is 3.28. The number of carbonyl (C=O) groups is 2. The topological polar surface area (TPSA) is 81.0 Å². The summed E-state index contributed by atoms with van der Waals surface area (Å²) in [7, 11) is 0. The number of esters is 1. The molecule has 4 rings (SSSR count). The Morgan fingerprint density at radius 2 is 2.00 bits per heavy atom. The molecule has 1 amide bonds. The van der Waals surface area contributed by atoms with Crippen LogP contribution >= 0.6 is 11.3 Å². The van der Waals surface area contributed by atoms with E-state index in [1.165, 1.54) is 21.8 Å². The van der Waals surface area contributed by atoms with Gasteiger partial charge in [-0.05, 0) is 26.0 Å². The first-order valence-electron chi connectivity index (χ1n) is 8.93. The van der Waals surface area contributed by atoms with Crippen molar-refractivity contribution >= 4 is 33.9 Å². The molecule has 2 aromatic heterocycles. The van der Waals surface area contributed by atoms with Gasteiger partial charge in [0.25, 0.3) is 5.56 Å². The van der Waals surface area contributed by atoms with E-state index in [9.17, 15) is 14.4 Å². The number of nitrogens with zero attached hydrogens (tertiary/aromatic N) is 3. The van der Waals surface area contributed by atoms with Crippen LogP contribution < -0.4 is 10.5 Å². The third-order valence-corrected chi connectivity index (χ3v) is 5.74. The van der Waals surface area contributed by atoms with Gasteiger partial charge in [0.15, 0.2) is 4.96 Å². The SMILES string of the molecule is Cc1ccc(N2C[C@@H](C(=O)OCc3cc(=O)n4c(C)csc4n3)CC2=O)cc1. The predicted molar refractivity (Wildman–Crippen MR) is 106 cm³/mol. The Labute approximate surface area is 165 Å². The van der Waals surface area contributed by atoms with E-state index in [-0.39, 0.29) is 24.5 Å². The van der Waals surface area contributed by atoms with Crippen LogP contribution in [0.25, 0.3) is 4.96 Å². The zero-order chi connectivity index (χ0) is 19.8. The number of anilines is 1. The van der Waals surface area contributed by atoms with Gasteiger partial charge >= 0.3 is 5.97 Å². The van der Waals surface area contributed by atoms with E-state index in [0.29, 0.717) is 17.2 Å². The maximum Gasteiger partial charge on any atom is 0.311 e. The molecule has 0 saturated carbocycles. The lowest BCUT2D eigenvalue weighted by molar-refractivity contribution is -0.149. The van der Waals surface area contributed by atoms with Gasteiger partial charge in [-0.3, -0.25) is 18.8 Å². The third-order valence-electron chi connectivity index (χ3n) is 4.79. The lowest BCUT2D eigenvalue weighted by Gasteiger charge is -2.16. The van der Waals surface area contributed by atoms with Crippen LogP contribution in [0.2, 0.25) is 0 Å². The molecule has 0 N–H and O–H groups in total. The zero-order valence-electron chi connectivity index (χ0n) is 15.5. The molecule has 144 valence electrons. The molecule has 28 heavy (non-hydrogen) atoms. The highest BCUT2D eigenvalue weighted by atomic mass is 32.1. The molecule has 1 aliphatic heterocycles. The number of amides is 1. The van der Waals surface area contributed by atoms with Crippen molar-refractivity contribution in [3.8, 4) is 0 Å². The van der Waals surface area contributed by atoms with Crippen LogP contribution in [0.15, 0.2) is 40.5 Å². The number of benzene rings is 1. The number of ether oxygens (including phenoxy) is 1. The van der Waals surface area contributed by atoms with Gasteiger partial charge in [-0.25, -0.2) is 4.98 Å². The molecule has 1 aromatic carbocycles. The smallest absolute Gasteiger partial charge is 0.311 e. The number of hydrogen-bond donors (Lipinski definition) is 0. The summed E-state index contributed by atoms with van der Waals surface area (Å²) in [5.41, 5.74) is 2.91. The molecule has 0 aliphatic carbocycles. The first kappa shape index (κ1) is 18.4. The van der Waals surface area contributed by atoms with Gasteiger partial charge in [-0.15, -0.1) is 11.3 Å². The molecule has 0 bridgehead atoms. The number of aryl methyl sites for hydroxylation is 2. The van der Waals surface area contributed by atoms with Crippen LogP contribution in [-0.2, 0) is 20.9 Å². The highest BCUT2D eigenvalue weighted by molar-refractivity contribution is 7.15. The van der Waals surface area contributed by atoms with Crippen LogP contribution in [0.4, 0.5) is 5.69 Å². The van der Waals surface area contributed by atoms with Crippen molar-refractivity contribution in [1.82, 2.24) is 9.38 Å². The van der Waals surface area contributed by atoms with Crippen molar-refractivity contribution in [2.45, 2.75) is 26.9 Å². The Kier molecular flexibility index (Phi) is 4.72. The van der Waals surface area contributed by atoms with Gasteiger partial charge in [-0.1, -0.05) is 17.7 Å². The third kappa shape index (κ3) is 3.43. The summed E-state index contributed by atoms with van der Waals surface area (Å²) < 4.78 is 6.87. The average Bonchev–Trinajstić information content (AvgIpc) is 3.24. The standard InChI is InChI=1S/C20H19N3O4S/c1-12-3-5-16(6-4-12)22-9-14(7-17(22)24)19(26)27-10-15-8-18(25)23-13(2)11-28-20(23)21-15/h3-6,8,11,14H,7,9-10H2,1-2H3/t14-/m0/s1. The van der Waals surface area contributed by atoms with Gasteiger partial charge in [0, 0.05) is 35.8 Å². The molecular weight excluding hydrogens is 378 g/mol. The summed E-state index contributed by atoms with van der Waals surface area (Å²) >= 11 is 1.36. The highest BCUT2D eigenvalue weighted by Gasteiger charge is 2.36. The zero-order valence-corrected chi connectivity index (χ0v) is 16.4. The van der Waals surface area contributed by atoms with Crippen LogP contribution in [-0.4, -0.2) is 27.8 Å². The molecule has 8 heteroatoms.